The van der Waals surface area contributed by atoms with Gasteiger partial charge in [-0.3, -0.25) is 14.5 Å². The molecule has 2 aliphatic heterocycles. The zero-order chi connectivity index (χ0) is 21.6. The van der Waals surface area contributed by atoms with Gasteiger partial charge in [-0.2, -0.15) is 0 Å². The van der Waals surface area contributed by atoms with Gasteiger partial charge in [0, 0.05) is 47.9 Å². The highest BCUT2D eigenvalue weighted by Crippen LogP contribution is 2.49. The quantitative estimate of drug-likeness (QED) is 0.731. The van der Waals surface area contributed by atoms with Crippen molar-refractivity contribution in [3.63, 3.8) is 0 Å². The molecule has 2 unspecified atom stereocenters. The number of alkyl halides is 1. The van der Waals surface area contributed by atoms with E-state index >= 15 is 0 Å². The lowest BCUT2D eigenvalue weighted by atomic mass is 9.87. The van der Waals surface area contributed by atoms with Gasteiger partial charge in [0.1, 0.15) is 6.17 Å². The Morgan fingerprint density at radius 1 is 1.23 bits per heavy atom. The first-order valence-electron chi connectivity index (χ1n) is 9.53. The maximum Gasteiger partial charge on any atom is 0.268 e. The summed E-state index contributed by atoms with van der Waals surface area (Å²) in [6.45, 7) is 1.48. The molecular formula is C21H20Cl2FN3O3. The minimum atomic E-state index is -2.12. The minimum absolute atomic E-state index is 0.0320. The highest BCUT2D eigenvalue weighted by Gasteiger charge is 2.53. The van der Waals surface area contributed by atoms with Crippen LogP contribution in [0, 0.1) is 0 Å². The normalized spacial score (nSPS) is 23.8. The Kier molecular flexibility index (Phi) is 5.48. The first-order chi connectivity index (χ1) is 14.2. The minimum Gasteiger partial charge on any atom is -0.372 e. The predicted molar refractivity (Wildman–Crippen MR) is 113 cm³/mol. The van der Waals surface area contributed by atoms with E-state index in [-0.39, 0.29) is 33.3 Å². The van der Waals surface area contributed by atoms with Crippen LogP contribution in [-0.4, -0.2) is 54.2 Å². The number of primary amides is 1. The second-order valence-corrected chi connectivity index (χ2v) is 8.36. The van der Waals surface area contributed by atoms with Gasteiger partial charge in [0.2, 0.25) is 5.91 Å². The van der Waals surface area contributed by atoms with Gasteiger partial charge in [-0.25, -0.2) is 4.39 Å². The van der Waals surface area contributed by atoms with Crippen molar-refractivity contribution in [2.24, 2.45) is 5.73 Å². The lowest BCUT2D eigenvalue weighted by Crippen LogP contribution is -2.44. The summed E-state index contributed by atoms with van der Waals surface area (Å²) in [6.07, 6.45) is -0.436. The van der Waals surface area contributed by atoms with Gasteiger partial charge in [0.05, 0.1) is 10.7 Å². The standard InChI is InChI=1S/C21H20Cl2FN3O3/c22-15-4-2-1-3-14(15)21(30)18-16(23)9-12(19(25)28)10-17(18)27(20(21)29)8-7-26-6-5-13(24)11-26/h1-4,9-10,13,30H,5-8,11H2,(H2,25,28). The Hall–Kier alpha value is -2.19. The average Bonchev–Trinajstić information content (AvgIpc) is 3.20. The molecule has 4 rings (SSSR count). The average molecular weight is 452 g/mol. The molecule has 2 aliphatic rings. The smallest absolute Gasteiger partial charge is 0.268 e. The van der Waals surface area contributed by atoms with Crippen molar-refractivity contribution in [3.05, 3.63) is 63.1 Å². The van der Waals surface area contributed by atoms with E-state index in [0.717, 1.165) is 0 Å². The van der Waals surface area contributed by atoms with Crippen molar-refractivity contribution in [2.75, 3.05) is 31.1 Å². The molecule has 0 saturated carbocycles. The molecule has 2 amide bonds. The van der Waals surface area contributed by atoms with Crippen LogP contribution in [0.3, 0.4) is 0 Å². The Morgan fingerprint density at radius 2 is 1.97 bits per heavy atom. The molecule has 0 aromatic heterocycles. The lowest BCUT2D eigenvalue weighted by molar-refractivity contribution is -0.132. The van der Waals surface area contributed by atoms with Crippen molar-refractivity contribution in [1.29, 1.82) is 0 Å². The summed E-state index contributed by atoms with van der Waals surface area (Å²) >= 11 is 12.7. The number of hydrogen-bond donors (Lipinski definition) is 2. The van der Waals surface area contributed by atoms with Crippen LogP contribution in [0.5, 0.6) is 0 Å². The number of nitrogens with two attached hydrogens (primary N) is 1. The summed E-state index contributed by atoms with van der Waals surface area (Å²) in [5.41, 5.74) is 4.05. The molecule has 0 aliphatic carbocycles. The molecule has 3 N–H and O–H groups in total. The fourth-order valence-electron chi connectivity index (χ4n) is 4.17. The van der Waals surface area contributed by atoms with Gasteiger partial charge in [0.25, 0.3) is 5.91 Å². The fraction of sp³-hybridized carbons (Fsp3) is 0.333. The molecule has 2 aromatic rings. The van der Waals surface area contributed by atoms with Crippen molar-refractivity contribution < 1.29 is 19.1 Å². The summed E-state index contributed by atoms with van der Waals surface area (Å²) in [6, 6.07) is 9.24. The van der Waals surface area contributed by atoms with E-state index in [9.17, 15) is 19.1 Å². The van der Waals surface area contributed by atoms with Crippen molar-refractivity contribution in [1.82, 2.24) is 4.90 Å². The van der Waals surface area contributed by atoms with Crippen LogP contribution in [0.15, 0.2) is 36.4 Å². The Balaban J connectivity index is 1.81. The highest BCUT2D eigenvalue weighted by molar-refractivity contribution is 6.35. The first-order valence-corrected chi connectivity index (χ1v) is 10.3. The number of likely N-dealkylation sites (tertiary alicyclic amines) is 1. The van der Waals surface area contributed by atoms with Gasteiger partial charge in [-0.05, 0) is 24.6 Å². The number of halogens is 3. The summed E-state index contributed by atoms with van der Waals surface area (Å²) in [5, 5.41) is 11.9. The number of hydrogen-bond acceptors (Lipinski definition) is 4. The third kappa shape index (κ3) is 3.36. The van der Waals surface area contributed by atoms with E-state index < -0.39 is 23.6 Å². The van der Waals surface area contributed by atoms with Crippen LogP contribution in [-0.2, 0) is 10.4 Å². The van der Waals surface area contributed by atoms with Crippen molar-refractivity contribution in [2.45, 2.75) is 18.2 Å². The van der Waals surface area contributed by atoms with Crippen LogP contribution in [0.4, 0.5) is 10.1 Å². The largest absolute Gasteiger partial charge is 0.372 e. The Bertz CT molecular complexity index is 1030. The van der Waals surface area contributed by atoms with Crippen molar-refractivity contribution in [3.8, 4) is 0 Å². The number of benzene rings is 2. The number of rotatable bonds is 5. The van der Waals surface area contributed by atoms with Gasteiger partial charge >= 0.3 is 0 Å². The second kappa shape index (κ2) is 7.81. The van der Waals surface area contributed by atoms with Crippen LogP contribution < -0.4 is 10.6 Å². The summed E-state index contributed by atoms with van der Waals surface area (Å²) in [4.78, 5) is 28.5. The summed E-state index contributed by atoms with van der Waals surface area (Å²) in [5.74, 6) is -1.34. The van der Waals surface area contributed by atoms with Gasteiger partial charge in [0.15, 0.2) is 5.60 Å². The van der Waals surface area contributed by atoms with E-state index in [1.807, 2.05) is 4.90 Å². The molecule has 6 nitrogen and oxygen atoms in total. The lowest BCUT2D eigenvalue weighted by Gasteiger charge is -2.26. The molecule has 30 heavy (non-hydrogen) atoms. The number of amides is 2. The molecule has 9 heteroatoms. The topological polar surface area (TPSA) is 86.9 Å². The van der Waals surface area contributed by atoms with Gasteiger partial charge in [-0.1, -0.05) is 41.4 Å². The monoisotopic (exact) mass is 451 g/mol. The third-order valence-corrected chi connectivity index (χ3v) is 6.31. The number of carbonyl (C=O) groups excluding carboxylic acids is 2. The molecular weight excluding hydrogens is 432 g/mol. The molecule has 1 saturated heterocycles. The first kappa shape index (κ1) is 21.1. The Morgan fingerprint density at radius 3 is 2.60 bits per heavy atom. The molecule has 2 heterocycles. The Labute approximate surface area is 183 Å². The zero-order valence-corrected chi connectivity index (χ0v) is 17.5. The second-order valence-electron chi connectivity index (χ2n) is 7.55. The maximum atomic E-state index is 13.5. The number of nitrogens with zero attached hydrogens (tertiary/aromatic N) is 2. The number of fused-ring (bicyclic) bond motifs is 1. The van der Waals surface area contributed by atoms with Crippen LogP contribution in [0.1, 0.15) is 27.9 Å². The number of carbonyl (C=O) groups is 2. The molecule has 0 radical (unpaired) electrons. The summed E-state index contributed by atoms with van der Waals surface area (Å²) in [7, 11) is 0. The van der Waals surface area contributed by atoms with Gasteiger partial charge < -0.3 is 15.7 Å². The highest BCUT2D eigenvalue weighted by atomic mass is 35.5. The van der Waals surface area contributed by atoms with E-state index in [4.69, 9.17) is 28.9 Å². The van der Waals surface area contributed by atoms with Crippen molar-refractivity contribution >= 4 is 40.7 Å². The molecule has 158 valence electrons. The number of aliphatic hydroxyl groups is 1. The molecule has 0 spiro atoms. The molecule has 1 fully saturated rings. The summed E-state index contributed by atoms with van der Waals surface area (Å²) < 4.78 is 13.5. The van der Waals surface area contributed by atoms with E-state index in [0.29, 0.717) is 31.7 Å². The number of anilines is 1. The maximum absolute atomic E-state index is 13.5. The molecule has 0 bridgehead atoms. The van der Waals surface area contributed by atoms with E-state index in [1.54, 1.807) is 24.3 Å². The van der Waals surface area contributed by atoms with Crippen LogP contribution in [0.25, 0.3) is 0 Å². The third-order valence-electron chi connectivity index (χ3n) is 5.68. The molecule has 2 aromatic carbocycles. The zero-order valence-electron chi connectivity index (χ0n) is 15.9. The fourth-order valence-corrected chi connectivity index (χ4v) is 4.80. The van der Waals surface area contributed by atoms with E-state index in [1.165, 1.54) is 17.0 Å². The van der Waals surface area contributed by atoms with E-state index in [2.05, 4.69) is 0 Å². The van der Waals surface area contributed by atoms with Gasteiger partial charge in [-0.15, -0.1) is 0 Å². The van der Waals surface area contributed by atoms with Crippen LogP contribution >= 0.6 is 23.2 Å². The molecule has 2 atom stereocenters. The van der Waals surface area contributed by atoms with Crippen LogP contribution in [0.2, 0.25) is 10.0 Å². The SMILES string of the molecule is NC(=O)c1cc(Cl)c2c(c1)N(CCN1CCC(F)C1)C(=O)C2(O)c1ccccc1Cl. The predicted octanol–water partition coefficient (Wildman–Crippen LogP) is 2.72.